The van der Waals surface area contributed by atoms with E-state index in [1.165, 1.54) is 14.2 Å². The molecule has 3 amide bonds. The third-order valence-corrected chi connectivity index (χ3v) is 5.56. The molecule has 0 bridgehead atoms. The average Bonchev–Trinajstić information content (AvgIpc) is 2.81. The van der Waals surface area contributed by atoms with Crippen molar-refractivity contribution in [1.29, 1.82) is 0 Å². The van der Waals surface area contributed by atoms with Gasteiger partial charge in [0.2, 0.25) is 0 Å². The summed E-state index contributed by atoms with van der Waals surface area (Å²) in [5, 5.41) is 5.33. The first-order valence-corrected chi connectivity index (χ1v) is 10.4. The van der Waals surface area contributed by atoms with Crippen LogP contribution in [-0.2, 0) is 0 Å². The van der Waals surface area contributed by atoms with Crippen LogP contribution in [0.2, 0.25) is 0 Å². The Kier molecular flexibility index (Phi) is 7.86. The lowest BCUT2D eigenvalue weighted by atomic mass is 9.93. The number of carbonyl (C=O) groups excluding carboxylic acids is 2. The minimum Gasteiger partial charge on any atom is -0.493 e. The third kappa shape index (κ3) is 5.87. The number of hydrogen-bond donors (Lipinski definition) is 2. The summed E-state index contributed by atoms with van der Waals surface area (Å²) in [6.07, 6.45) is 2.32. The van der Waals surface area contributed by atoms with Gasteiger partial charge in [-0.25, -0.2) is 13.6 Å². The maximum absolute atomic E-state index is 13.7. The van der Waals surface area contributed by atoms with Crippen molar-refractivity contribution in [3.05, 3.63) is 53.6 Å². The van der Waals surface area contributed by atoms with E-state index < -0.39 is 17.7 Å². The summed E-state index contributed by atoms with van der Waals surface area (Å²) < 4.78 is 37.4. The molecule has 32 heavy (non-hydrogen) atoms. The van der Waals surface area contributed by atoms with E-state index in [1.807, 2.05) is 0 Å². The van der Waals surface area contributed by atoms with Crippen LogP contribution in [0.5, 0.6) is 11.5 Å². The van der Waals surface area contributed by atoms with Gasteiger partial charge < -0.3 is 25.0 Å². The Labute approximate surface area is 185 Å². The van der Waals surface area contributed by atoms with Gasteiger partial charge in [-0.1, -0.05) is 0 Å². The van der Waals surface area contributed by atoms with E-state index in [4.69, 9.17) is 9.47 Å². The molecule has 9 heteroatoms. The molecule has 0 spiro atoms. The summed E-state index contributed by atoms with van der Waals surface area (Å²) in [4.78, 5) is 26.3. The highest BCUT2D eigenvalue weighted by Gasteiger charge is 2.23. The maximum atomic E-state index is 13.7. The Hall–Kier alpha value is -3.36. The average molecular weight is 447 g/mol. The molecule has 1 aliphatic heterocycles. The van der Waals surface area contributed by atoms with Gasteiger partial charge in [-0.05, 0) is 55.5 Å². The predicted molar refractivity (Wildman–Crippen MR) is 116 cm³/mol. The number of ether oxygens (including phenoxy) is 2. The lowest BCUT2D eigenvalue weighted by Crippen LogP contribution is -2.41. The summed E-state index contributed by atoms with van der Waals surface area (Å²) in [6, 6.07) is 7.48. The molecule has 0 aromatic heterocycles. The van der Waals surface area contributed by atoms with Crippen LogP contribution in [0, 0.1) is 17.6 Å². The molecule has 1 aliphatic rings. The molecule has 1 heterocycles. The predicted octanol–water partition coefficient (Wildman–Crippen LogP) is 4.05. The fourth-order valence-corrected chi connectivity index (χ4v) is 3.68. The molecule has 2 aromatic rings. The monoisotopic (exact) mass is 447 g/mol. The molecule has 0 radical (unpaired) electrons. The number of rotatable bonds is 7. The fraction of sp³-hybridized carbons (Fsp3) is 0.391. The molecular formula is C23H27F2N3O4. The molecule has 0 aliphatic carbocycles. The van der Waals surface area contributed by atoms with Crippen LogP contribution in [0.3, 0.4) is 0 Å². The number of carbonyl (C=O) groups is 2. The minimum atomic E-state index is -0.681. The number of nitrogens with one attached hydrogen (secondary N) is 2. The van der Waals surface area contributed by atoms with Gasteiger partial charge in [-0.15, -0.1) is 0 Å². The number of methoxy groups -OCH3 is 2. The first kappa shape index (κ1) is 23.3. The van der Waals surface area contributed by atoms with Crippen molar-refractivity contribution >= 4 is 17.6 Å². The summed E-state index contributed by atoms with van der Waals surface area (Å²) in [6.45, 7) is 1.53. The molecule has 3 rings (SSSR count). The Bertz CT molecular complexity index is 962. The second-order valence-corrected chi connectivity index (χ2v) is 7.60. The Balaban J connectivity index is 1.42. The molecule has 7 nitrogen and oxygen atoms in total. The zero-order valence-electron chi connectivity index (χ0n) is 18.1. The number of hydrogen-bond acceptors (Lipinski definition) is 4. The lowest BCUT2D eigenvalue weighted by Gasteiger charge is -2.32. The van der Waals surface area contributed by atoms with Crippen molar-refractivity contribution in [2.45, 2.75) is 19.3 Å². The van der Waals surface area contributed by atoms with E-state index in [0.717, 1.165) is 37.5 Å². The van der Waals surface area contributed by atoms with E-state index in [1.54, 1.807) is 23.1 Å². The summed E-state index contributed by atoms with van der Waals surface area (Å²) in [7, 11) is 3.05. The number of urea groups is 1. The highest BCUT2D eigenvalue weighted by molar-refractivity contribution is 5.94. The van der Waals surface area contributed by atoms with Crippen LogP contribution in [-0.4, -0.2) is 50.7 Å². The Morgan fingerprint density at radius 1 is 1.03 bits per heavy atom. The van der Waals surface area contributed by atoms with Crippen LogP contribution >= 0.6 is 0 Å². The molecule has 2 aromatic carbocycles. The van der Waals surface area contributed by atoms with E-state index in [2.05, 4.69) is 10.6 Å². The van der Waals surface area contributed by atoms with Crippen LogP contribution in [0.25, 0.3) is 0 Å². The van der Waals surface area contributed by atoms with Crippen LogP contribution in [0.4, 0.5) is 19.3 Å². The second-order valence-electron chi connectivity index (χ2n) is 7.60. The van der Waals surface area contributed by atoms with Crippen molar-refractivity contribution in [1.82, 2.24) is 10.2 Å². The normalized spacial score (nSPS) is 14.1. The number of likely N-dealkylation sites (tertiary alicyclic amines) is 1. The molecule has 0 unspecified atom stereocenters. The number of nitrogens with zero attached hydrogens (tertiary/aromatic N) is 1. The summed E-state index contributed by atoms with van der Waals surface area (Å²) in [5.41, 5.74) is 0.314. The smallest absolute Gasteiger partial charge is 0.321 e. The molecule has 0 saturated carbocycles. The first-order chi connectivity index (χ1) is 15.4. The summed E-state index contributed by atoms with van der Waals surface area (Å²) in [5.74, 6) is -0.0881. The van der Waals surface area contributed by atoms with Crippen molar-refractivity contribution in [3.63, 3.8) is 0 Å². The van der Waals surface area contributed by atoms with Gasteiger partial charge in [-0.2, -0.15) is 0 Å². The lowest BCUT2D eigenvalue weighted by molar-refractivity contribution is 0.0949. The standard InChI is InChI=1S/C23H27F2N3O4/c1-31-20-6-3-16(13-21(20)32-2)22(29)26-10-7-15-8-11-28(12-9-15)23(30)27-19-14-17(24)4-5-18(19)25/h3-6,13-15H,7-12H2,1-2H3,(H,26,29)(H,27,30). The highest BCUT2D eigenvalue weighted by atomic mass is 19.1. The van der Waals surface area contributed by atoms with Gasteiger partial charge in [-0.3, -0.25) is 4.79 Å². The van der Waals surface area contributed by atoms with Crippen molar-refractivity contribution in [2.24, 2.45) is 5.92 Å². The molecule has 0 atom stereocenters. The number of anilines is 1. The quantitative estimate of drug-likeness (QED) is 0.671. The van der Waals surface area contributed by atoms with Gasteiger partial charge in [0.1, 0.15) is 11.6 Å². The van der Waals surface area contributed by atoms with Gasteiger partial charge in [0.15, 0.2) is 11.5 Å². The molecule has 2 N–H and O–H groups in total. The van der Waals surface area contributed by atoms with E-state index >= 15 is 0 Å². The van der Waals surface area contributed by atoms with Crippen molar-refractivity contribution < 1.29 is 27.8 Å². The number of piperidine rings is 1. The first-order valence-electron chi connectivity index (χ1n) is 10.4. The molecular weight excluding hydrogens is 420 g/mol. The van der Waals surface area contributed by atoms with Gasteiger partial charge >= 0.3 is 6.03 Å². The molecule has 172 valence electrons. The number of amides is 3. The SMILES string of the molecule is COc1ccc(C(=O)NCCC2CCN(C(=O)Nc3cc(F)ccc3F)CC2)cc1OC. The highest BCUT2D eigenvalue weighted by Crippen LogP contribution is 2.27. The zero-order chi connectivity index (χ0) is 23.1. The Morgan fingerprint density at radius 3 is 2.44 bits per heavy atom. The largest absolute Gasteiger partial charge is 0.493 e. The van der Waals surface area contributed by atoms with Crippen LogP contribution in [0.1, 0.15) is 29.6 Å². The Morgan fingerprint density at radius 2 is 1.75 bits per heavy atom. The van der Waals surface area contributed by atoms with Crippen molar-refractivity contribution in [2.75, 3.05) is 39.2 Å². The van der Waals surface area contributed by atoms with Crippen LogP contribution < -0.4 is 20.1 Å². The fourth-order valence-electron chi connectivity index (χ4n) is 3.68. The van der Waals surface area contributed by atoms with E-state index in [0.29, 0.717) is 42.6 Å². The minimum absolute atomic E-state index is 0.171. The number of halogens is 2. The third-order valence-electron chi connectivity index (χ3n) is 5.56. The van der Waals surface area contributed by atoms with Gasteiger partial charge in [0.05, 0.1) is 19.9 Å². The van der Waals surface area contributed by atoms with E-state index in [9.17, 15) is 18.4 Å². The second kappa shape index (κ2) is 10.8. The summed E-state index contributed by atoms with van der Waals surface area (Å²) >= 11 is 0. The van der Waals surface area contributed by atoms with Gasteiger partial charge in [0, 0.05) is 31.3 Å². The van der Waals surface area contributed by atoms with Gasteiger partial charge in [0.25, 0.3) is 5.91 Å². The van der Waals surface area contributed by atoms with E-state index in [-0.39, 0.29) is 11.6 Å². The topological polar surface area (TPSA) is 79.9 Å². The zero-order valence-corrected chi connectivity index (χ0v) is 18.1. The number of benzene rings is 2. The maximum Gasteiger partial charge on any atom is 0.321 e. The molecule has 1 fully saturated rings. The molecule has 1 saturated heterocycles. The van der Waals surface area contributed by atoms with Crippen molar-refractivity contribution in [3.8, 4) is 11.5 Å². The van der Waals surface area contributed by atoms with Crippen LogP contribution in [0.15, 0.2) is 36.4 Å².